The molecule has 0 amide bonds. The van der Waals surface area contributed by atoms with Gasteiger partial charge in [0, 0.05) is 11.4 Å². The third kappa shape index (κ3) is 3.30. The van der Waals surface area contributed by atoms with E-state index < -0.39 is 11.7 Å². The molecule has 0 N–H and O–H groups in total. The Labute approximate surface area is 91.7 Å². The number of carbonyl (C=O) groups excluding carboxylic acids is 1. The summed E-state index contributed by atoms with van der Waals surface area (Å²) in [4.78, 5) is 10.4. The molecule has 1 aromatic rings. The molecule has 0 aromatic heterocycles. The van der Waals surface area contributed by atoms with Crippen LogP contribution in [0.5, 0.6) is 0 Å². The molecule has 14 heavy (non-hydrogen) atoms. The highest BCUT2D eigenvalue weighted by atomic mass is 35.7. The Morgan fingerprint density at radius 3 is 2.36 bits per heavy atom. The Morgan fingerprint density at radius 2 is 1.86 bits per heavy atom. The Balaban J connectivity index is 2.98. The second-order valence-electron chi connectivity index (χ2n) is 2.53. The maximum Gasteiger partial charge on any atom is 0.245 e. The van der Waals surface area contributed by atoms with Crippen LogP contribution in [0.2, 0.25) is 0 Å². The van der Waals surface area contributed by atoms with Crippen molar-refractivity contribution in [3.63, 3.8) is 0 Å². The van der Waals surface area contributed by atoms with Gasteiger partial charge in [0.2, 0.25) is 11.7 Å². The van der Waals surface area contributed by atoms with Crippen LogP contribution in [0.1, 0.15) is 0 Å². The topological polar surface area (TPSA) is 34.1 Å². The summed E-state index contributed by atoms with van der Waals surface area (Å²) < 4.78 is 11.8. The van der Waals surface area contributed by atoms with Crippen molar-refractivity contribution in [2.24, 2.45) is 0 Å². The van der Waals surface area contributed by atoms with Gasteiger partial charge >= 0.3 is 0 Å². The van der Waals surface area contributed by atoms with Gasteiger partial charge in [-0.15, -0.1) is 0 Å². The van der Waals surface area contributed by atoms with Crippen LogP contribution in [-0.2, 0) is 9.36 Å². The van der Waals surface area contributed by atoms with E-state index in [-0.39, 0.29) is 0 Å². The fourth-order valence-electron chi connectivity index (χ4n) is 0.872. The van der Waals surface area contributed by atoms with Gasteiger partial charge in [0.1, 0.15) is 0 Å². The molecule has 1 unspecified atom stereocenters. The maximum atomic E-state index is 11.8. The predicted octanol–water partition coefficient (Wildman–Crippen LogP) is 3.11. The quantitative estimate of drug-likeness (QED) is 0.468. The second-order valence-corrected chi connectivity index (χ2v) is 6.38. The molecule has 1 atom stereocenters. The Bertz CT molecular complexity index is 401. The summed E-state index contributed by atoms with van der Waals surface area (Å²) >= 11 is 10.8. The van der Waals surface area contributed by atoms with Crippen molar-refractivity contribution in [3.8, 4) is 0 Å². The summed E-state index contributed by atoms with van der Waals surface area (Å²) in [6.45, 7) is -3.11. The largest absolute Gasteiger partial charge is 0.297 e. The van der Waals surface area contributed by atoms with Crippen LogP contribution in [0.3, 0.4) is 0 Å². The average Bonchev–Trinajstić information content (AvgIpc) is 2.16. The smallest absolute Gasteiger partial charge is 0.245 e. The minimum atomic E-state index is -3.11. The van der Waals surface area contributed by atoms with Crippen molar-refractivity contribution in [1.82, 2.24) is 0 Å². The van der Waals surface area contributed by atoms with Gasteiger partial charge < -0.3 is 0 Å². The molecule has 0 radical (unpaired) electrons. The molecule has 5 heteroatoms. The summed E-state index contributed by atoms with van der Waals surface area (Å²) in [6.07, 6.45) is 1.00. The molecule has 0 spiro atoms. The van der Waals surface area contributed by atoms with Crippen LogP contribution >= 0.6 is 29.3 Å². The van der Waals surface area contributed by atoms with Crippen molar-refractivity contribution in [1.29, 1.82) is 0 Å². The molecule has 0 bridgehead atoms. The van der Waals surface area contributed by atoms with Crippen LogP contribution in [0, 0.1) is 0 Å². The number of halogens is 2. The van der Waals surface area contributed by atoms with Crippen LogP contribution in [0.4, 0.5) is 0 Å². The van der Waals surface area contributed by atoms with Gasteiger partial charge in [0.15, 0.2) is 0 Å². The zero-order valence-electron chi connectivity index (χ0n) is 7.06. The average molecular weight is 249 g/mol. The van der Waals surface area contributed by atoms with E-state index >= 15 is 0 Å². The molecule has 2 nitrogen and oxygen atoms in total. The van der Waals surface area contributed by atoms with E-state index in [2.05, 4.69) is 0 Å². The van der Waals surface area contributed by atoms with Gasteiger partial charge in [-0.2, -0.15) is 0 Å². The first-order chi connectivity index (χ1) is 6.52. The molecule has 74 valence electrons. The van der Waals surface area contributed by atoms with E-state index in [0.29, 0.717) is 5.30 Å². The third-order valence-electron chi connectivity index (χ3n) is 1.51. The minimum Gasteiger partial charge on any atom is -0.297 e. The first kappa shape index (κ1) is 11.5. The number of rotatable bonds is 3. The van der Waals surface area contributed by atoms with Gasteiger partial charge in [0.05, 0.1) is 0 Å². The van der Waals surface area contributed by atoms with Gasteiger partial charge in [-0.05, 0) is 28.7 Å². The summed E-state index contributed by atoms with van der Waals surface area (Å²) in [5.41, 5.74) is 0. The minimum absolute atomic E-state index is 0.482. The Morgan fingerprint density at radius 1 is 1.29 bits per heavy atom. The normalized spacial score (nSPS) is 15.3. The molecule has 0 heterocycles. The summed E-state index contributed by atoms with van der Waals surface area (Å²) in [5, 5.41) is -0.211. The van der Waals surface area contributed by atoms with E-state index in [9.17, 15) is 9.36 Å². The van der Waals surface area contributed by atoms with E-state index in [4.69, 9.17) is 22.8 Å². The molecule has 1 aromatic carbocycles. The zero-order valence-corrected chi connectivity index (χ0v) is 9.47. The second kappa shape index (κ2) is 4.79. The molecule has 0 aliphatic heterocycles. The zero-order chi connectivity index (χ0) is 10.6. The summed E-state index contributed by atoms with van der Waals surface area (Å²) in [6, 6.07) is 8.51. The van der Waals surface area contributed by atoms with Crippen molar-refractivity contribution >= 4 is 39.9 Å². The van der Waals surface area contributed by atoms with Gasteiger partial charge in [-0.1, -0.05) is 30.3 Å². The van der Waals surface area contributed by atoms with Gasteiger partial charge in [0.25, 0.3) is 0 Å². The van der Waals surface area contributed by atoms with Crippen molar-refractivity contribution in [2.45, 2.75) is 0 Å². The summed E-state index contributed by atoms with van der Waals surface area (Å²) in [7, 11) is 0. The first-order valence-corrected chi connectivity index (χ1v) is 6.82. The highest BCUT2D eigenvalue weighted by molar-refractivity contribution is 7.97. The van der Waals surface area contributed by atoms with Crippen LogP contribution in [-0.4, -0.2) is 5.24 Å². The van der Waals surface area contributed by atoms with E-state index in [1.807, 2.05) is 0 Å². The lowest BCUT2D eigenvalue weighted by atomic mass is 10.4. The monoisotopic (exact) mass is 248 g/mol. The Kier molecular flexibility index (Phi) is 3.94. The lowest BCUT2D eigenvalue weighted by Gasteiger charge is -2.03. The molecule has 0 aliphatic carbocycles. The molecular formula is C9H7Cl2O2P. The van der Waals surface area contributed by atoms with Crippen LogP contribution < -0.4 is 5.30 Å². The predicted molar refractivity (Wildman–Crippen MR) is 59.5 cm³/mol. The van der Waals surface area contributed by atoms with Crippen LogP contribution in [0.15, 0.2) is 42.2 Å². The number of allylic oxidation sites excluding steroid dienone is 1. The maximum absolute atomic E-state index is 11.8. The highest BCUT2D eigenvalue weighted by Gasteiger charge is 2.16. The van der Waals surface area contributed by atoms with Crippen molar-refractivity contribution < 1.29 is 9.36 Å². The van der Waals surface area contributed by atoms with Gasteiger partial charge in [-0.3, -0.25) is 9.36 Å². The lowest BCUT2D eigenvalue weighted by molar-refractivity contribution is -0.107. The number of carbonyl (C=O) groups is 1. The Hall–Kier alpha value is -0.560. The number of hydrogen-bond acceptors (Lipinski definition) is 2. The molecule has 1 rings (SSSR count). The van der Waals surface area contributed by atoms with Crippen LogP contribution in [0.25, 0.3) is 0 Å². The van der Waals surface area contributed by atoms with Crippen molar-refractivity contribution in [3.05, 3.63) is 42.2 Å². The van der Waals surface area contributed by atoms with E-state index in [1.165, 1.54) is 0 Å². The molecule has 0 saturated heterocycles. The standard InChI is InChI=1S/C9H7Cl2O2P/c10-9(12)6-7-14(11,13)8-4-2-1-3-5-8/h1-7H. The van der Waals surface area contributed by atoms with Crippen molar-refractivity contribution in [2.75, 3.05) is 0 Å². The fraction of sp³-hybridized carbons (Fsp3) is 0. The number of hydrogen-bond donors (Lipinski definition) is 0. The van der Waals surface area contributed by atoms with E-state index in [0.717, 1.165) is 11.9 Å². The SMILES string of the molecule is O=C(Cl)C=CP(=O)(Cl)c1ccccc1. The molecular weight excluding hydrogens is 242 g/mol. The summed E-state index contributed by atoms with van der Waals surface area (Å²) in [5.74, 6) is 1.14. The molecule has 0 saturated carbocycles. The highest BCUT2D eigenvalue weighted by Crippen LogP contribution is 2.51. The fourth-order valence-corrected chi connectivity index (χ4v) is 2.61. The number of benzene rings is 1. The lowest BCUT2D eigenvalue weighted by Crippen LogP contribution is -1.97. The molecule has 0 fully saturated rings. The van der Waals surface area contributed by atoms with E-state index in [1.54, 1.807) is 30.3 Å². The third-order valence-corrected chi connectivity index (χ3v) is 4.09. The molecule has 0 aliphatic rings. The first-order valence-electron chi connectivity index (χ1n) is 3.76. The van der Waals surface area contributed by atoms with Gasteiger partial charge in [-0.25, -0.2) is 0 Å².